The summed E-state index contributed by atoms with van der Waals surface area (Å²) in [4.78, 5) is 24.6. The molecular weight excluding hydrogens is 454 g/mol. The lowest BCUT2D eigenvalue weighted by molar-refractivity contribution is -0.118. The minimum absolute atomic E-state index is 0.00384. The Morgan fingerprint density at radius 1 is 0.967 bits per heavy atom. The summed E-state index contributed by atoms with van der Waals surface area (Å²) in [6, 6.07) is 8.69. The number of nitrogens with one attached hydrogen (secondary N) is 1. The molecule has 0 aliphatic rings. The highest BCUT2D eigenvalue weighted by molar-refractivity contribution is 9.10. The van der Waals surface area contributed by atoms with Crippen molar-refractivity contribution in [1.82, 2.24) is 0 Å². The van der Waals surface area contributed by atoms with Crippen LogP contribution in [-0.2, 0) is 14.9 Å². The van der Waals surface area contributed by atoms with Crippen LogP contribution in [-0.4, -0.2) is 39.8 Å². The largest absolute Gasteiger partial charge is 0.493 e. The molecule has 2 aromatic rings. The number of hydrogen-bond acceptors (Lipinski definition) is 6. The summed E-state index contributed by atoms with van der Waals surface area (Å²) >= 11 is 3.48. The summed E-state index contributed by atoms with van der Waals surface area (Å²) < 4.78 is 21.6. The Labute approximate surface area is 184 Å². The number of halogens is 1. The van der Waals surface area contributed by atoms with E-state index in [2.05, 4.69) is 42.0 Å². The lowest BCUT2D eigenvalue weighted by Crippen LogP contribution is -2.22. The van der Waals surface area contributed by atoms with Crippen LogP contribution < -0.4 is 19.5 Å². The average Bonchev–Trinajstić information content (AvgIpc) is 2.71. The molecule has 0 bridgehead atoms. The van der Waals surface area contributed by atoms with Crippen molar-refractivity contribution in [3.05, 3.63) is 45.9 Å². The van der Waals surface area contributed by atoms with Gasteiger partial charge in [0.1, 0.15) is 5.75 Å². The first kappa shape index (κ1) is 23.5. The van der Waals surface area contributed by atoms with Crippen LogP contribution in [0.3, 0.4) is 0 Å². The number of ether oxygens (including phenoxy) is 4. The van der Waals surface area contributed by atoms with E-state index in [0.717, 1.165) is 10.0 Å². The van der Waals surface area contributed by atoms with Crippen molar-refractivity contribution in [3.8, 4) is 17.2 Å². The highest BCUT2D eigenvalue weighted by Gasteiger charge is 2.20. The molecule has 0 aromatic heterocycles. The number of anilines is 1. The van der Waals surface area contributed by atoms with Crippen molar-refractivity contribution in [3.63, 3.8) is 0 Å². The fourth-order valence-electron chi connectivity index (χ4n) is 2.68. The second kappa shape index (κ2) is 9.84. The zero-order chi connectivity index (χ0) is 22.5. The third kappa shape index (κ3) is 5.66. The fraction of sp³-hybridized carbons (Fsp3) is 0.364. The number of hydrogen-bond donors (Lipinski definition) is 1. The maximum atomic E-state index is 12.5. The molecule has 30 heavy (non-hydrogen) atoms. The monoisotopic (exact) mass is 479 g/mol. The number of methoxy groups -OCH3 is 3. The molecule has 0 heterocycles. The highest BCUT2D eigenvalue weighted by atomic mass is 79.9. The topological polar surface area (TPSA) is 83.1 Å². The molecule has 162 valence electrons. The van der Waals surface area contributed by atoms with Gasteiger partial charge in [-0.1, -0.05) is 26.8 Å². The summed E-state index contributed by atoms with van der Waals surface area (Å²) in [6.45, 7) is 6.10. The second-order valence-electron chi connectivity index (χ2n) is 7.48. The third-order valence-electron chi connectivity index (χ3n) is 4.36. The number of benzene rings is 2. The molecule has 0 spiro atoms. The van der Waals surface area contributed by atoms with Gasteiger partial charge in [-0.25, -0.2) is 4.79 Å². The Hall–Kier alpha value is -2.74. The van der Waals surface area contributed by atoms with Crippen LogP contribution in [0.5, 0.6) is 17.2 Å². The SMILES string of the molecule is COC(=O)c1cc(OC)c(OC)cc1NC(=O)COc1ccc(C(C)(C)C)cc1Br. The lowest BCUT2D eigenvalue weighted by Gasteiger charge is -2.20. The summed E-state index contributed by atoms with van der Waals surface area (Å²) in [7, 11) is 4.17. The van der Waals surface area contributed by atoms with Crippen molar-refractivity contribution >= 4 is 33.5 Å². The van der Waals surface area contributed by atoms with Crippen LogP contribution in [0.4, 0.5) is 5.69 Å². The number of rotatable bonds is 7. The van der Waals surface area contributed by atoms with E-state index in [-0.39, 0.29) is 23.3 Å². The normalized spacial score (nSPS) is 10.9. The van der Waals surface area contributed by atoms with Crippen LogP contribution >= 0.6 is 15.9 Å². The minimum atomic E-state index is -0.618. The molecule has 0 aliphatic heterocycles. The maximum Gasteiger partial charge on any atom is 0.340 e. The molecule has 0 radical (unpaired) electrons. The third-order valence-corrected chi connectivity index (χ3v) is 4.98. The van der Waals surface area contributed by atoms with Gasteiger partial charge < -0.3 is 24.3 Å². The molecule has 0 saturated heterocycles. The van der Waals surface area contributed by atoms with Gasteiger partial charge in [-0.3, -0.25) is 4.79 Å². The quantitative estimate of drug-likeness (QED) is 0.585. The minimum Gasteiger partial charge on any atom is -0.493 e. The van der Waals surface area contributed by atoms with E-state index in [0.29, 0.717) is 17.2 Å². The van der Waals surface area contributed by atoms with Crippen molar-refractivity contribution < 1.29 is 28.5 Å². The number of carbonyl (C=O) groups excluding carboxylic acids is 2. The zero-order valence-corrected chi connectivity index (χ0v) is 19.5. The smallest absolute Gasteiger partial charge is 0.340 e. The van der Waals surface area contributed by atoms with E-state index in [1.54, 1.807) is 0 Å². The number of esters is 1. The molecule has 2 rings (SSSR count). The first-order valence-electron chi connectivity index (χ1n) is 9.17. The van der Waals surface area contributed by atoms with Crippen molar-refractivity contribution in [2.24, 2.45) is 0 Å². The van der Waals surface area contributed by atoms with E-state index in [4.69, 9.17) is 18.9 Å². The first-order chi connectivity index (χ1) is 14.1. The van der Waals surface area contributed by atoms with Crippen LogP contribution in [0.15, 0.2) is 34.8 Å². The molecule has 0 fully saturated rings. The summed E-state index contributed by atoms with van der Waals surface area (Å²) in [5.41, 5.74) is 1.50. The molecular formula is C22H26BrNO6. The molecule has 1 N–H and O–H groups in total. The van der Waals surface area contributed by atoms with Gasteiger partial charge in [0, 0.05) is 12.1 Å². The second-order valence-corrected chi connectivity index (χ2v) is 8.33. The van der Waals surface area contributed by atoms with Crippen LogP contribution in [0, 0.1) is 0 Å². The lowest BCUT2D eigenvalue weighted by atomic mass is 9.87. The van der Waals surface area contributed by atoms with Crippen molar-refractivity contribution in [1.29, 1.82) is 0 Å². The molecule has 2 aromatic carbocycles. The summed E-state index contributed by atoms with van der Waals surface area (Å²) in [5, 5.41) is 2.66. The molecule has 1 amide bonds. The predicted molar refractivity (Wildman–Crippen MR) is 118 cm³/mol. The van der Waals surface area contributed by atoms with Gasteiger partial charge in [-0.05, 0) is 39.0 Å². The Bertz CT molecular complexity index is 936. The zero-order valence-electron chi connectivity index (χ0n) is 17.9. The van der Waals surface area contributed by atoms with Crippen molar-refractivity contribution in [2.75, 3.05) is 33.3 Å². The first-order valence-corrected chi connectivity index (χ1v) is 9.97. The predicted octanol–water partition coefficient (Wildman–Crippen LogP) is 4.57. The van der Waals surface area contributed by atoms with Gasteiger partial charge in [-0.15, -0.1) is 0 Å². The molecule has 0 saturated carbocycles. The Morgan fingerprint density at radius 3 is 2.13 bits per heavy atom. The molecule has 7 nitrogen and oxygen atoms in total. The van der Waals surface area contributed by atoms with Gasteiger partial charge in [0.2, 0.25) is 0 Å². The summed E-state index contributed by atoms with van der Waals surface area (Å²) in [5.74, 6) is 0.183. The summed E-state index contributed by atoms with van der Waals surface area (Å²) in [6.07, 6.45) is 0. The Morgan fingerprint density at radius 2 is 1.60 bits per heavy atom. The van der Waals surface area contributed by atoms with E-state index in [9.17, 15) is 9.59 Å². The Kier molecular flexibility index (Phi) is 7.72. The highest BCUT2D eigenvalue weighted by Crippen LogP contribution is 2.34. The van der Waals surface area contributed by atoms with E-state index < -0.39 is 11.9 Å². The van der Waals surface area contributed by atoms with Crippen LogP contribution in [0.25, 0.3) is 0 Å². The van der Waals surface area contributed by atoms with Crippen LogP contribution in [0.1, 0.15) is 36.7 Å². The van der Waals surface area contributed by atoms with Crippen molar-refractivity contribution in [2.45, 2.75) is 26.2 Å². The van der Waals surface area contributed by atoms with Crippen LogP contribution in [0.2, 0.25) is 0 Å². The van der Waals surface area contributed by atoms with Gasteiger partial charge >= 0.3 is 5.97 Å². The van der Waals surface area contributed by atoms with E-state index in [1.807, 2.05) is 18.2 Å². The molecule has 0 unspecified atom stereocenters. The average molecular weight is 480 g/mol. The van der Waals surface area contributed by atoms with E-state index >= 15 is 0 Å². The standard InChI is InChI=1S/C22H26BrNO6/c1-22(2,3)13-7-8-17(15(23)9-13)30-12-20(25)24-16-11-19(28-5)18(27-4)10-14(16)21(26)29-6/h7-11H,12H2,1-6H3,(H,24,25). The molecule has 0 aliphatic carbocycles. The van der Waals surface area contributed by atoms with Gasteiger partial charge in [0.15, 0.2) is 18.1 Å². The van der Waals surface area contributed by atoms with Gasteiger partial charge in [0.25, 0.3) is 5.91 Å². The van der Waals surface area contributed by atoms with E-state index in [1.165, 1.54) is 33.5 Å². The van der Waals surface area contributed by atoms with Gasteiger partial charge in [-0.2, -0.15) is 0 Å². The fourth-order valence-corrected chi connectivity index (χ4v) is 3.17. The number of carbonyl (C=O) groups is 2. The Balaban J connectivity index is 2.17. The molecule has 0 atom stereocenters. The number of amides is 1. The molecule has 8 heteroatoms. The maximum absolute atomic E-state index is 12.5. The van der Waals surface area contributed by atoms with Gasteiger partial charge in [0.05, 0.1) is 37.1 Å².